The van der Waals surface area contributed by atoms with Crippen molar-refractivity contribution in [2.24, 2.45) is 0 Å². The molecule has 0 spiro atoms. The van der Waals surface area contributed by atoms with Crippen molar-refractivity contribution in [1.82, 2.24) is 0 Å². The third kappa shape index (κ3) is 18.4. The summed E-state index contributed by atoms with van der Waals surface area (Å²) in [7, 11) is 0. The van der Waals surface area contributed by atoms with E-state index in [2.05, 4.69) is 19.2 Å². The number of nitrogens with zero attached hydrogens (tertiary/aromatic N) is 1. The Morgan fingerprint density at radius 1 is 0.909 bits per heavy atom. The van der Waals surface area contributed by atoms with Gasteiger partial charge in [0.15, 0.2) is 0 Å². The maximum Gasteiger partial charge on any atom is 0 e. The van der Waals surface area contributed by atoms with Gasteiger partial charge in [0.05, 0.1) is 0 Å². The van der Waals surface area contributed by atoms with Crippen molar-refractivity contribution in [1.29, 1.82) is 0 Å². The predicted octanol–water partition coefficient (Wildman–Crippen LogP) is 3.41. The SMILES string of the molecule is CCCC[N-]CCCC.[CH3-].[Ce]. The van der Waals surface area contributed by atoms with Crippen molar-refractivity contribution in [3.8, 4) is 0 Å². The van der Waals surface area contributed by atoms with Crippen molar-refractivity contribution in [3.63, 3.8) is 0 Å². The second-order valence-electron chi connectivity index (χ2n) is 2.38. The first-order valence-electron chi connectivity index (χ1n) is 4.05. The van der Waals surface area contributed by atoms with Crippen LogP contribution in [-0.4, -0.2) is 13.1 Å². The first kappa shape index (κ1) is 18.2. The molecular formula is C9H21CeN-2. The quantitative estimate of drug-likeness (QED) is 0.524. The molecule has 0 aliphatic rings. The topological polar surface area (TPSA) is 14.1 Å². The molecule has 0 aliphatic carbocycles. The fourth-order valence-corrected chi connectivity index (χ4v) is 0.652. The van der Waals surface area contributed by atoms with Gasteiger partial charge in [-0.05, 0) is 0 Å². The van der Waals surface area contributed by atoms with Crippen LogP contribution < -0.4 is 0 Å². The molecule has 0 aliphatic heterocycles. The van der Waals surface area contributed by atoms with Gasteiger partial charge in [0.2, 0.25) is 0 Å². The number of hydrogen-bond donors (Lipinski definition) is 0. The Labute approximate surface area is 106 Å². The Hall–Kier alpha value is 1.34. The predicted molar refractivity (Wildman–Crippen MR) is 49.3 cm³/mol. The standard InChI is InChI=1S/C8H18N.CH3.Ce/c1-3-5-7-9-8-6-4-2;;/h3-8H2,1-2H3;1H3;/q2*-1;. The van der Waals surface area contributed by atoms with E-state index in [4.69, 9.17) is 0 Å². The monoisotopic (exact) mass is 283 g/mol. The van der Waals surface area contributed by atoms with E-state index in [1.54, 1.807) is 0 Å². The summed E-state index contributed by atoms with van der Waals surface area (Å²) in [6.45, 7) is 6.57. The van der Waals surface area contributed by atoms with Crippen LogP contribution in [0.1, 0.15) is 39.5 Å². The minimum Gasteiger partial charge on any atom is -0.662 e. The summed E-state index contributed by atoms with van der Waals surface area (Å²) in [6.07, 6.45) is 5.08. The van der Waals surface area contributed by atoms with E-state index in [0.29, 0.717) is 0 Å². The number of unbranched alkanes of at least 4 members (excludes halogenated alkanes) is 2. The third-order valence-corrected chi connectivity index (χ3v) is 1.34. The molecule has 0 aromatic rings. The molecule has 0 fully saturated rings. The Morgan fingerprint density at radius 3 is 1.55 bits per heavy atom. The molecule has 2 heteroatoms. The van der Waals surface area contributed by atoms with Gasteiger partial charge in [-0.2, -0.15) is 0 Å². The maximum atomic E-state index is 4.35. The average molecular weight is 283 g/mol. The molecule has 0 N–H and O–H groups in total. The van der Waals surface area contributed by atoms with E-state index < -0.39 is 0 Å². The van der Waals surface area contributed by atoms with Crippen molar-refractivity contribution < 1.29 is 41.7 Å². The van der Waals surface area contributed by atoms with Crippen molar-refractivity contribution >= 4 is 0 Å². The normalized spacial score (nSPS) is 8.18. The summed E-state index contributed by atoms with van der Waals surface area (Å²) in [5.41, 5.74) is 0. The van der Waals surface area contributed by atoms with E-state index in [1.165, 1.54) is 25.7 Å². The summed E-state index contributed by atoms with van der Waals surface area (Å²) in [5.74, 6) is 0. The minimum absolute atomic E-state index is 0. The Morgan fingerprint density at radius 2 is 1.27 bits per heavy atom. The molecule has 0 aromatic carbocycles. The molecule has 0 aromatic heterocycles. The van der Waals surface area contributed by atoms with Crippen LogP contribution in [0.2, 0.25) is 0 Å². The zero-order valence-electron chi connectivity index (χ0n) is 8.19. The van der Waals surface area contributed by atoms with E-state index in [-0.39, 0.29) is 49.2 Å². The molecule has 1 nitrogen and oxygen atoms in total. The van der Waals surface area contributed by atoms with Crippen LogP contribution in [0.25, 0.3) is 5.32 Å². The van der Waals surface area contributed by atoms with Crippen molar-refractivity contribution in [2.45, 2.75) is 39.5 Å². The van der Waals surface area contributed by atoms with Crippen LogP contribution in [0.5, 0.6) is 0 Å². The van der Waals surface area contributed by atoms with Crippen molar-refractivity contribution in [2.75, 3.05) is 13.1 Å². The van der Waals surface area contributed by atoms with Crippen LogP contribution in [-0.2, 0) is 0 Å². The second-order valence-corrected chi connectivity index (χ2v) is 2.38. The van der Waals surface area contributed by atoms with Crippen LogP contribution in [0.4, 0.5) is 0 Å². The first-order chi connectivity index (χ1) is 4.41. The molecule has 0 saturated heterocycles. The average Bonchev–Trinajstić information content (AvgIpc) is 1.89. The molecule has 0 rings (SSSR count). The van der Waals surface area contributed by atoms with Crippen molar-refractivity contribution in [3.05, 3.63) is 12.7 Å². The molecule has 0 heterocycles. The van der Waals surface area contributed by atoms with Gasteiger partial charge in [-0.25, -0.2) is 0 Å². The smallest absolute Gasteiger partial charge is 0 e. The van der Waals surface area contributed by atoms with Gasteiger partial charge < -0.3 is 12.7 Å². The molecule has 0 atom stereocenters. The van der Waals surface area contributed by atoms with Gasteiger partial charge >= 0.3 is 0 Å². The Kier molecular flexibility index (Phi) is 28.8. The van der Waals surface area contributed by atoms with Crippen LogP contribution in [0.15, 0.2) is 0 Å². The molecular weight excluding hydrogens is 262 g/mol. The zero-order valence-corrected chi connectivity index (χ0v) is 11.3. The van der Waals surface area contributed by atoms with Crippen LogP contribution in [0.3, 0.4) is 0 Å². The summed E-state index contributed by atoms with van der Waals surface area (Å²) < 4.78 is 0. The molecule has 11 heavy (non-hydrogen) atoms. The molecule has 68 valence electrons. The van der Waals surface area contributed by atoms with Gasteiger partial charge in [0.1, 0.15) is 0 Å². The Bertz CT molecular complexity index is 42.8. The fraction of sp³-hybridized carbons (Fsp3) is 0.889. The summed E-state index contributed by atoms with van der Waals surface area (Å²) in [5, 5.41) is 4.35. The van der Waals surface area contributed by atoms with E-state index in [9.17, 15) is 0 Å². The molecule has 0 unspecified atom stereocenters. The molecule has 0 amide bonds. The van der Waals surface area contributed by atoms with Crippen LogP contribution in [0, 0.1) is 49.2 Å². The van der Waals surface area contributed by atoms with Gasteiger partial charge in [-0.15, -0.1) is 13.1 Å². The second kappa shape index (κ2) is 17.4. The number of rotatable bonds is 6. The largest absolute Gasteiger partial charge is 0.662 e. The number of hydrogen-bond acceptors (Lipinski definition) is 0. The van der Waals surface area contributed by atoms with E-state index in [0.717, 1.165) is 13.1 Å². The first-order valence-corrected chi connectivity index (χ1v) is 4.05. The summed E-state index contributed by atoms with van der Waals surface area (Å²) in [6, 6.07) is 0. The van der Waals surface area contributed by atoms with E-state index in [1.807, 2.05) is 0 Å². The fourth-order valence-electron chi connectivity index (χ4n) is 0.652. The van der Waals surface area contributed by atoms with Gasteiger partial charge in [0.25, 0.3) is 0 Å². The maximum absolute atomic E-state index is 4.35. The zero-order chi connectivity index (χ0) is 6.95. The van der Waals surface area contributed by atoms with Gasteiger partial charge in [0, 0.05) is 41.7 Å². The molecule has 0 radical (unpaired) electrons. The molecule has 0 saturated carbocycles. The van der Waals surface area contributed by atoms with Gasteiger partial charge in [-0.3, -0.25) is 0 Å². The van der Waals surface area contributed by atoms with Crippen LogP contribution >= 0.6 is 0 Å². The Balaban J connectivity index is -0.000000320. The van der Waals surface area contributed by atoms with Gasteiger partial charge in [-0.1, -0.05) is 39.5 Å². The third-order valence-electron chi connectivity index (χ3n) is 1.34. The summed E-state index contributed by atoms with van der Waals surface area (Å²) in [4.78, 5) is 0. The summed E-state index contributed by atoms with van der Waals surface area (Å²) >= 11 is 0. The molecule has 0 bridgehead atoms. The van der Waals surface area contributed by atoms with E-state index >= 15 is 0 Å². The minimum atomic E-state index is 0.